The number of furan rings is 1. The van der Waals surface area contributed by atoms with Crippen molar-refractivity contribution in [2.45, 2.75) is 37.7 Å². The minimum absolute atomic E-state index is 0.200. The van der Waals surface area contributed by atoms with Gasteiger partial charge in [-0.1, -0.05) is 42.5 Å². The standard InChI is InChI=1S/C23H24N2O3/c26-22(25-14-13-23(27,15-25)16-7-2-1-3-8-16)24-19-11-6-10-18-17-9-4-5-12-20(17)28-21(18)19/h1-3,6-8,10-11,27H,4-5,9,12-15H2,(H,24,26). The molecule has 0 bridgehead atoms. The van der Waals surface area contributed by atoms with Gasteiger partial charge in [-0.25, -0.2) is 4.79 Å². The van der Waals surface area contributed by atoms with Crippen molar-refractivity contribution in [3.05, 3.63) is 65.4 Å². The highest BCUT2D eigenvalue weighted by Crippen LogP contribution is 2.36. The molecule has 3 aromatic rings. The number of rotatable bonds is 2. The number of anilines is 1. The number of nitrogens with zero attached hydrogens (tertiary/aromatic N) is 1. The predicted octanol–water partition coefficient (Wildman–Crippen LogP) is 4.44. The van der Waals surface area contributed by atoms with E-state index >= 15 is 0 Å². The Kier molecular flexibility index (Phi) is 4.13. The lowest BCUT2D eigenvalue weighted by Gasteiger charge is -2.24. The molecule has 1 fully saturated rings. The average molecular weight is 376 g/mol. The molecule has 5 rings (SSSR count). The molecule has 28 heavy (non-hydrogen) atoms. The maximum absolute atomic E-state index is 12.9. The molecule has 1 saturated heterocycles. The first kappa shape index (κ1) is 17.3. The topological polar surface area (TPSA) is 65.7 Å². The normalized spacial score (nSPS) is 21.7. The minimum Gasteiger partial charge on any atom is -0.459 e. The lowest BCUT2D eigenvalue weighted by atomic mass is 9.93. The number of nitrogens with one attached hydrogen (secondary N) is 1. The second kappa shape index (κ2) is 6.67. The molecule has 5 heteroatoms. The summed E-state index contributed by atoms with van der Waals surface area (Å²) in [6.45, 7) is 0.801. The molecule has 1 atom stereocenters. The number of para-hydroxylation sites is 1. The number of urea groups is 1. The monoisotopic (exact) mass is 376 g/mol. The third-order valence-corrected chi connectivity index (χ3v) is 6.07. The molecule has 0 spiro atoms. The highest BCUT2D eigenvalue weighted by Gasteiger charge is 2.39. The molecular weight excluding hydrogens is 352 g/mol. The van der Waals surface area contributed by atoms with Crippen LogP contribution in [-0.4, -0.2) is 29.1 Å². The Morgan fingerprint density at radius 2 is 1.89 bits per heavy atom. The van der Waals surface area contributed by atoms with E-state index in [1.54, 1.807) is 4.90 Å². The fourth-order valence-electron chi connectivity index (χ4n) is 4.53. The number of aliphatic hydroxyl groups is 1. The van der Waals surface area contributed by atoms with Crippen LogP contribution in [0, 0.1) is 0 Å². The number of amides is 2. The van der Waals surface area contributed by atoms with Gasteiger partial charge in [0.05, 0.1) is 12.2 Å². The van der Waals surface area contributed by atoms with Crippen molar-refractivity contribution in [1.82, 2.24) is 4.90 Å². The van der Waals surface area contributed by atoms with Gasteiger partial charge in [0.25, 0.3) is 0 Å². The SMILES string of the molecule is O=C(Nc1cccc2c3c(oc12)CCCC3)N1CCC(O)(c2ccccc2)C1. The van der Waals surface area contributed by atoms with Gasteiger partial charge in [0.1, 0.15) is 11.4 Å². The highest BCUT2D eigenvalue weighted by atomic mass is 16.3. The number of aryl methyl sites for hydroxylation is 2. The predicted molar refractivity (Wildman–Crippen MR) is 108 cm³/mol. The number of likely N-dealkylation sites (tertiary alicyclic amines) is 1. The van der Waals surface area contributed by atoms with E-state index in [0.717, 1.165) is 41.6 Å². The lowest BCUT2D eigenvalue weighted by molar-refractivity contribution is 0.0501. The van der Waals surface area contributed by atoms with Crippen LogP contribution in [0.2, 0.25) is 0 Å². The molecule has 2 heterocycles. The van der Waals surface area contributed by atoms with Crippen LogP contribution >= 0.6 is 0 Å². The minimum atomic E-state index is -0.992. The lowest BCUT2D eigenvalue weighted by Crippen LogP contribution is -2.37. The third-order valence-electron chi connectivity index (χ3n) is 6.07. The van der Waals surface area contributed by atoms with Crippen molar-refractivity contribution in [2.24, 2.45) is 0 Å². The van der Waals surface area contributed by atoms with Gasteiger partial charge in [0, 0.05) is 23.9 Å². The Morgan fingerprint density at radius 3 is 2.75 bits per heavy atom. The number of β-amino-alcohol motifs (C(OH)–C–C–N with tert-alkyl or cyclic N) is 1. The third kappa shape index (κ3) is 2.87. The second-order valence-corrected chi connectivity index (χ2v) is 7.89. The summed E-state index contributed by atoms with van der Waals surface area (Å²) in [5.41, 5.74) is 2.62. The molecule has 144 valence electrons. The van der Waals surface area contributed by atoms with Crippen LogP contribution in [0.4, 0.5) is 10.5 Å². The van der Waals surface area contributed by atoms with Gasteiger partial charge in [-0.05, 0) is 37.3 Å². The summed E-state index contributed by atoms with van der Waals surface area (Å²) in [5.74, 6) is 1.06. The van der Waals surface area contributed by atoms with Crippen LogP contribution in [0.3, 0.4) is 0 Å². The van der Waals surface area contributed by atoms with Gasteiger partial charge in [-0.15, -0.1) is 0 Å². The Labute approximate surface area is 164 Å². The Balaban J connectivity index is 1.37. The zero-order valence-electron chi connectivity index (χ0n) is 15.8. The van der Waals surface area contributed by atoms with E-state index in [4.69, 9.17) is 4.42 Å². The summed E-state index contributed by atoms with van der Waals surface area (Å²) in [6.07, 6.45) is 4.87. The molecule has 1 aromatic heterocycles. The fraction of sp³-hybridized carbons (Fsp3) is 0.348. The molecule has 2 aromatic carbocycles. The van der Waals surface area contributed by atoms with Crippen LogP contribution in [0.15, 0.2) is 52.9 Å². The average Bonchev–Trinajstić information content (AvgIpc) is 3.31. The zero-order chi connectivity index (χ0) is 19.1. The highest BCUT2D eigenvalue weighted by molar-refractivity contribution is 6.00. The van der Waals surface area contributed by atoms with Crippen LogP contribution in [0.25, 0.3) is 11.0 Å². The zero-order valence-corrected chi connectivity index (χ0v) is 15.8. The summed E-state index contributed by atoms with van der Waals surface area (Å²) >= 11 is 0. The van der Waals surface area contributed by atoms with E-state index in [-0.39, 0.29) is 12.6 Å². The van der Waals surface area contributed by atoms with Gasteiger partial charge in [-0.3, -0.25) is 0 Å². The number of carbonyl (C=O) groups is 1. The molecule has 0 radical (unpaired) electrons. The molecular formula is C23H24N2O3. The van der Waals surface area contributed by atoms with E-state index in [2.05, 4.69) is 11.4 Å². The van der Waals surface area contributed by atoms with Crippen LogP contribution < -0.4 is 5.32 Å². The van der Waals surface area contributed by atoms with Gasteiger partial charge in [0.2, 0.25) is 0 Å². The van der Waals surface area contributed by atoms with Crippen LogP contribution in [0.1, 0.15) is 36.1 Å². The number of hydrogen-bond acceptors (Lipinski definition) is 3. The molecule has 1 aliphatic heterocycles. The molecule has 5 nitrogen and oxygen atoms in total. The molecule has 0 saturated carbocycles. The number of carbonyl (C=O) groups excluding carboxylic acids is 1. The van der Waals surface area contributed by atoms with Crippen molar-refractivity contribution in [3.8, 4) is 0 Å². The summed E-state index contributed by atoms with van der Waals surface area (Å²) in [5, 5.41) is 15.1. The van der Waals surface area contributed by atoms with Crippen molar-refractivity contribution < 1.29 is 14.3 Å². The van der Waals surface area contributed by atoms with Gasteiger partial charge < -0.3 is 19.7 Å². The Morgan fingerprint density at radius 1 is 1.07 bits per heavy atom. The summed E-state index contributed by atoms with van der Waals surface area (Å²) in [4.78, 5) is 14.6. The van der Waals surface area contributed by atoms with Gasteiger partial charge >= 0.3 is 6.03 Å². The first-order valence-electron chi connectivity index (χ1n) is 10.0. The van der Waals surface area contributed by atoms with Crippen molar-refractivity contribution in [3.63, 3.8) is 0 Å². The smallest absolute Gasteiger partial charge is 0.322 e. The van der Waals surface area contributed by atoms with E-state index in [0.29, 0.717) is 18.7 Å². The second-order valence-electron chi connectivity index (χ2n) is 7.89. The van der Waals surface area contributed by atoms with Gasteiger partial charge in [-0.2, -0.15) is 0 Å². The van der Waals surface area contributed by atoms with Crippen molar-refractivity contribution >= 4 is 22.7 Å². The Bertz CT molecular complexity index is 1030. The maximum Gasteiger partial charge on any atom is 0.322 e. The largest absolute Gasteiger partial charge is 0.459 e. The number of fused-ring (bicyclic) bond motifs is 3. The van der Waals surface area contributed by atoms with E-state index in [1.165, 1.54) is 12.0 Å². The van der Waals surface area contributed by atoms with E-state index < -0.39 is 5.60 Å². The molecule has 2 N–H and O–H groups in total. The molecule has 1 unspecified atom stereocenters. The Hall–Kier alpha value is -2.79. The summed E-state index contributed by atoms with van der Waals surface area (Å²) in [6, 6.07) is 15.3. The quantitative estimate of drug-likeness (QED) is 0.695. The van der Waals surface area contributed by atoms with E-state index in [9.17, 15) is 9.90 Å². The number of hydrogen-bond donors (Lipinski definition) is 2. The number of benzene rings is 2. The molecule has 2 aliphatic rings. The molecule has 2 amide bonds. The van der Waals surface area contributed by atoms with Crippen LogP contribution in [0.5, 0.6) is 0 Å². The van der Waals surface area contributed by atoms with Crippen molar-refractivity contribution in [1.29, 1.82) is 0 Å². The first-order chi connectivity index (χ1) is 13.6. The summed E-state index contributed by atoms with van der Waals surface area (Å²) in [7, 11) is 0. The summed E-state index contributed by atoms with van der Waals surface area (Å²) < 4.78 is 6.11. The van der Waals surface area contributed by atoms with E-state index in [1.807, 2.05) is 42.5 Å². The van der Waals surface area contributed by atoms with Crippen LogP contribution in [-0.2, 0) is 18.4 Å². The van der Waals surface area contributed by atoms with Crippen molar-refractivity contribution in [2.75, 3.05) is 18.4 Å². The first-order valence-corrected chi connectivity index (χ1v) is 10.0. The maximum atomic E-state index is 12.9. The van der Waals surface area contributed by atoms with Gasteiger partial charge in [0.15, 0.2) is 5.58 Å². The molecule has 1 aliphatic carbocycles. The fourth-order valence-corrected chi connectivity index (χ4v) is 4.53.